The third-order valence-corrected chi connectivity index (χ3v) is 8.96. The van der Waals surface area contributed by atoms with Crippen LogP contribution in [-0.2, 0) is 19.6 Å². The summed E-state index contributed by atoms with van der Waals surface area (Å²) in [6.07, 6.45) is 6.30. The lowest BCUT2D eigenvalue weighted by Gasteiger charge is -2.42. The number of benzene rings is 1. The summed E-state index contributed by atoms with van der Waals surface area (Å²) in [4.78, 5) is 31.8. The molecule has 8 nitrogen and oxygen atoms in total. The van der Waals surface area contributed by atoms with Crippen LogP contribution in [0.25, 0.3) is 0 Å². The molecule has 1 aromatic carbocycles. The Morgan fingerprint density at radius 2 is 1.84 bits per heavy atom. The van der Waals surface area contributed by atoms with Gasteiger partial charge in [0, 0.05) is 37.7 Å². The highest BCUT2D eigenvalue weighted by Crippen LogP contribution is 2.49. The Balaban J connectivity index is 1.25. The van der Waals surface area contributed by atoms with E-state index in [0.717, 1.165) is 69.4 Å². The van der Waals surface area contributed by atoms with Gasteiger partial charge in [-0.05, 0) is 87.7 Å². The molecule has 3 aliphatic heterocycles. The van der Waals surface area contributed by atoms with Gasteiger partial charge in [0.1, 0.15) is 12.4 Å². The molecule has 9 heteroatoms. The summed E-state index contributed by atoms with van der Waals surface area (Å²) < 4.78 is 30.2. The van der Waals surface area contributed by atoms with Crippen LogP contribution in [0.15, 0.2) is 18.2 Å². The van der Waals surface area contributed by atoms with Crippen molar-refractivity contribution in [2.24, 2.45) is 5.92 Å². The number of rotatable bonds is 6. The lowest BCUT2D eigenvalue weighted by Crippen LogP contribution is -2.49. The molecule has 3 atom stereocenters. The highest BCUT2D eigenvalue weighted by Gasteiger charge is 2.50. The van der Waals surface area contributed by atoms with Gasteiger partial charge in [0.05, 0.1) is 18.9 Å². The first kappa shape index (κ1) is 26.2. The van der Waals surface area contributed by atoms with Gasteiger partial charge in [-0.1, -0.05) is 6.92 Å². The van der Waals surface area contributed by atoms with Gasteiger partial charge in [-0.25, -0.2) is 14.0 Å². The van der Waals surface area contributed by atoms with Crippen LogP contribution >= 0.6 is 0 Å². The molecule has 204 valence electrons. The van der Waals surface area contributed by atoms with Crippen LogP contribution in [-0.4, -0.2) is 87.2 Å². The molecule has 1 aliphatic carbocycles. The second-order valence-corrected chi connectivity index (χ2v) is 11.1. The molecule has 5 rings (SSSR count). The van der Waals surface area contributed by atoms with Crippen molar-refractivity contribution < 1.29 is 28.2 Å². The Morgan fingerprint density at radius 1 is 1.05 bits per heavy atom. The molecule has 0 bridgehead atoms. The summed E-state index contributed by atoms with van der Waals surface area (Å²) in [5.41, 5.74) is 1.40. The maximum absolute atomic E-state index is 14.3. The van der Waals surface area contributed by atoms with Gasteiger partial charge in [-0.15, -0.1) is 0 Å². The van der Waals surface area contributed by atoms with Gasteiger partial charge >= 0.3 is 12.2 Å². The van der Waals surface area contributed by atoms with Crippen LogP contribution < -0.4 is 4.90 Å². The maximum Gasteiger partial charge on any atom is 0.414 e. The number of piperidine rings is 2. The van der Waals surface area contributed by atoms with E-state index >= 15 is 0 Å². The van der Waals surface area contributed by atoms with Crippen molar-refractivity contribution in [3.8, 4) is 0 Å². The van der Waals surface area contributed by atoms with E-state index in [9.17, 15) is 14.0 Å². The number of fused-ring (bicyclic) bond motifs is 3. The summed E-state index contributed by atoms with van der Waals surface area (Å²) >= 11 is 0. The number of amides is 2. The molecule has 1 spiro atoms. The topological polar surface area (TPSA) is 71.6 Å². The van der Waals surface area contributed by atoms with Gasteiger partial charge in [0.15, 0.2) is 0 Å². The van der Waals surface area contributed by atoms with E-state index in [4.69, 9.17) is 14.2 Å². The first-order chi connectivity index (χ1) is 18.0. The second kappa shape index (κ2) is 11.2. The maximum atomic E-state index is 14.3. The minimum absolute atomic E-state index is 0.156. The van der Waals surface area contributed by atoms with E-state index in [1.807, 2.05) is 11.8 Å². The third kappa shape index (κ3) is 5.17. The average molecular weight is 518 g/mol. The van der Waals surface area contributed by atoms with Crippen molar-refractivity contribution in [3.05, 3.63) is 29.6 Å². The van der Waals surface area contributed by atoms with E-state index in [-0.39, 0.29) is 30.0 Å². The van der Waals surface area contributed by atoms with Crippen molar-refractivity contribution in [1.82, 2.24) is 9.80 Å². The van der Waals surface area contributed by atoms with Gasteiger partial charge in [0.2, 0.25) is 0 Å². The number of likely N-dealkylation sites (tertiary alicyclic amines) is 2. The van der Waals surface area contributed by atoms with E-state index < -0.39 is 6.09 Å². The standard InChI is InChI=1S/C28H40FN3O5/c1-3-13-36-26(33)31-10-4-5-20-16-22(18-25(20)31)30-11-8-28(9-12-30)19-32(27(34)37-15-14-35-2)24-7-6-21(29)17-23(24)28/h6-7,17,20,22,25H,3-5,8-16,18-19H2,1-2H3. The lowest BCUT2D eigenvalue weighted by molar-refractivity contribution is 0.0603. The fraction of sp³-hybridized carbons (Fsp3) is 0.714. The van der Waals surface area contributed by atoms with Crippen LogP contribution in [0.2, 0.25) is 0 Å². The number of nitrogens with zero attached hydrogens (tertiary/aromatic N) is 3. The molecule has 37 heavy (non-hydrogen) atoms. The minimum atomic E-state index is -0.404. The Hall–Kier alpha value is -2.39. The molecule has 1 saturated carbocycles. The molecule has 0 aromatic heterocycles. The number of carbonyl (C=O) groups is 2. The summed E-state index contributed by atoms with van der Waals surface area (Å²) in [5, 5.41) is 0. The first-order valence-corrected chi connectivity index (χ1v) is 13.9. The first-order valence-electron chi connectivity index (χ1n) is 13.9. The van der Waals surface area contributed by atoms with Crippen molar-refractivity contribution in [2.45, 2.75) is 69.4 Å². The molecule has 3 heterocycles. The number of hydrogen-bond donors (Lipinski definition) is 0. The van der Waals surface area contributed by atoms with Crippen LogP contribution in [0.1, 0.15) is 57.4 Å². The predicted molar refractivity (Wildman–Crippen MR) is 137 cm³/mol. The average Bonchev–Trinajstić information content (AvgIpc) is 3.47. The monoisotopic (exact) mass is 517 g/mol. The normalized spacial score (nSPS) is 26.7. The Kier molecular flexibility index (Phi) is 7.91. The van der Waals surface area contributed by atoms with Gasteiger partial charge in [0.25, 0.3) is 0 Å². The van der Waals surface area contributed by atoms with Crippen LogP contribution in [0.3, 0.4) is 0 Å². The highest BCUT2D eigenvalue weighted by molar-refractivity contribution is 5.91. The summed E-state index contributed by atoms with van der Waals surface area (Å²) in [6, 6.07) is 5.43. The Labute approximate surface area is 219 Å². The lowest BCUT2D eigenvalue weighted by atomic mass is 9.74. The fourth-order valence-corrected chi connectivity index (χ4v) is 7.09. The zero-order valence-electron chi connectivity index (χ0n) is 22.1. The smallest absolute Gasteiger partial charge is 0.414 e. The molecular weight excluding hydrogens is 477 g/mol. The SMILES string of the molecule is CCCOC(=O)N1CCCC2CC(N3CCC4(CC3)CN(C(=O)OCCOC)c3ccc(F)cc34)CC21. The van der Waals surface area contributed by atoms with Gasteiger partial charge < -0.3 is 24.0 Å². The van der Waals surface area contributed by atoms with E-state index in [2.05, 4.69) is 4.90 Å². The van der Waals surface area contributed by atoms with Crippen molar-refractivity contribution in [2.75, 3.05) is 58.0 Å². The molecule has 2 amide bonds. The van der Waals surface area contributed by atoms with E-state index in [1.54, 1.807) is 24.1 Å². The number of hydrogen-bond acceptors (Lipinski definition) is 6. The molecule has 3 fully saturated rings. The third-order valence-electron chi connectivity index (χ3n) is 8.96. The second-order valence-electron chi connectivity index (χ2n) is 11.1. The summed E-state index contributed by atoms with van der Waals surface area (Å²) in [6.45, 7) is 6.12. The number of halogens is 1. The molecule has 4 aliphatic rings. The molecule has 3 unspecified atom stereocenters. The number of carbonyl (C=O) groups excluding carboxylic acids is 2. The van der Waals surface area contributed by atoms with Crippen LogP contribution in [0.4, 0.5) is 19.7 Å². The molecule has 1 aromatic rings. The molecule has 0 N–H and O–H groups in total. The van der Waals surface area contributed by atoms with E-state index in [1.165, 1.54) is 12.5 Å². The Morgan fingerprint density at radius 3 is 2.59 bits per heavy atom. The molecule has 0 radical (unpaired) electrons. The number of ether oxygens (including phenoxy) is 3. The Bertz CT molecular complexity index is 983. The molecular formula is C28H40FN3O5. The highest BCUT2D eigenvalue weighted by atomic mass is 19.1. The summed E-state index contributed by atoms with van der Waals surface area (Å²) in [5.74, 6) is 0.257. The van der Waals surface area contributed by atoms with Crippen molar-refractivity contribution in [1.29, 1.82) is 0 Å². The van der Waals surface area contributed by atoms with Crippen molar-refractivity contribution >= 4 is 17.9 Å². The largest absolute Gasteiger partial charge is 0.449 e. The predicted octanol–water partition coefficient (Wildman–Crippen LogP) is 4.55. The van der Waals surface area contributed by atoms with Gasteiger partial charge in [-0.2, -0.15) is 0 Å². The van der Waals surface area contributed by atoms with Crippen LogP contribution in [0.5, 0.6) is 0 Å². The number of methoxy groups -OCH3 is 1. The molecule has 2 saturated heterocycles. The zero-order valence-corrected chi connectivity index (χ0v) is 22.1. The van der Waals surface area contributed by atoms with Gasteiger partial charge in [-0.3, -0.25) is 4.90 Å². The minimum Gasteiger partial charge on any atom is -0.449 e. The quantitative estimate of drug-likeness (QED) is 0.516. The number of anilines is 1. The zero-order chi connectivity index (χ0) is 26.0. The van der Waals surface area contributed by atoms with Crippen molar-refractivity contribution in [3.63, 3.8) is 0 Å². The fourth-order valence-electron chi connectivity index (χ4n) is 7.09. The summed E-state index contributed by atoms with van der Waals surface area (Å²) in [7, 11) is 1.57. The van der Waals surface area contributed by atoms with Crippen LogP contribution in [0, 0.1) is 11.7 Å². The van der Waals surface area contributed by atoms with E-state index in [0.29, 0.717) is 31.7 Å².